The first-order valence-corrected chi connectivity index (χ1v) is 7.19. The van der Waals surface area contributed by atoms with E-state index in [2.05, 4.69) is 55.6 Å². The summed E-state index contributed by atoms with van der Waals surface area (Å²) in [5, 5.41) is 3.34. The van der Waals surface area contributed by atoms with Crippen LogP contribution in [0, 0.1) is 6.92 Å². The van der Waals surface area contributed by atoms with Crippen LogP contribution in [0.2, 0.25) is 0 Å². The minimum absolute atomic E-state index is 0.209. The molecule has 1 unspecified atom stereocenters. The Balaban J connectivity index is 2.10. The molecule has 20 heavy (non-hydrogen) atoms. The van der Waals surface area contributed by atoms with Crippen LogP contribution in [0.5, 0.6) is 5.75 Å². The van der Waals surface area contributed by atoms with E-state index in [1.165, 1.54) is 16.7 Å². The molecule has 2 heteroatoms. The molecule has 1 N–H and O–H groups in total. The number of ether oxygens (including phenoxy) is 1. The molecule has 106 valence electrons. The molecule has 0 saturated carbocycles. The van der Waals surface area contributed by atoms with E-state index in [1.54, 1.807) is 0 Å². The molecule has 2 aromatic rings. The van der Waals surface area contributed by atoms with E-state index in [4.69, 9.17) is 4.74 Å². The van der Waals surface area contributed by atoms with E-state index in [-0.39, 0.29) is 6.04 Å². The van der Waals surface area contributed by atoms with Gasteiger partial charge in [0.15, 0.2) is 0 Å². The van der Waals surface area contributed by atoms with Gasteiger partial charge in [0.1, 0.15) is 12.4 Å². The summed E-state index contributed by atoms with van der Waals surface area (Å²) in [5.74, 6) is 0.990. The summed E-state index contributed by atoms with van der Waals surface area (Å²) in [7, 11) is 1.98. The van der Waals surface area contributed by atoms with Gasteiger partial charge in [0.05, 0.1) is 6.04 Å². The molecule has 0 amide bonds. The second-order valence-electron chi connectivity index (χ2n) is 4.97. The van der Waals surface area contributed by atoms with Gasteiger partial charge in [-0.2, -0.15) is 0 Å². The lowest BCUT2D eigenvalue weighted by Gasteiger charge is -2.20. The van der Waals surface area contributed by atoms with Crippen molar-refractivity contribution in [1.29, 1.82) is 0 Å². The summed E-state index contributed by atoms with van der Waals surface area (Å²) < 4.78 is 6.03. The van der Waals surface area contributed by atoms with Crippen molar-refractivity contribution in [3.05, 3.63) is 65.2 Å². The number of para-hydroxylation sites is 1. The van der Waals surface area contributed by atoms with E-state index < -0.39 is 0 Å². The lowest BCUT2D eigenvalue weighted by Crippen LogP contribution is -2.24. The van der Waals surface area contributed by atoms with Crippen LogP contribution in [0.1, 0.15) is 29.7 Å². The maximum absolute atomic E-state index is 6.03. The van der Waals surface area contributed by atoms with Crippen molar-refractivity contribution in [3.8, 4) is 5.75 Å². The van der Waals surface area contributed by atoms with Crippen LogP contribution in [-0.2, 0) is 6.42 Å². The molecular formula is C18H23NO. The zero-order valence-electron chi connectivity index (χ0n) is 12.5. The summed E-state index contributed by atoms with van der Waals surface area (Å²) >= 11 is 0. The van der Waals surface area contributed by atoms with Crippen LogP contribution in [0.4, 0.5) is 0 Å². The molecule has 1 atom stereocenters. The van der Waals surface area contributed by atoms with Gasteiger partial charge < -0.3 is 10.1 Å². The third-order valence-corrected chi connectivity index (χ3v) is 3.67. The monoisotopic (exact) mass is 269 g/mol. The number of nitrogens with one attached hydrogen (secondary N) is 1. The van der Waals surface area contributed by atoms with Gasteiger partial charge in [-0.3, -0.25) is 0 Å². The largest absolute Gasteiger partial charge is 0.491 e. The minimum Gasteiger partial charge on any atom is -0.491 e. The fraction of sp³-hybridized carbons (Fsp3) is 0.333. The van der Waals surface area contributed by atoms with Gasteiger partial charge in [0.2, 0.25) is 0 Å². The predicted octanol–water partition coefficient (Wildman–Crippen LogP) is 3.90. The Kier molecular flexibility index (Phi) is 5.19. The van der Waals surface area contributed by atoms with Crippen molar-refractivity contribution in [1.82, 2.24) is 5.32 Å². The zero-order valence-corrected chi connectivity index (χ0v) is 12.5. The quantitative estimate of drug-likeness (QED) is 0.859. The second kappa shape index (κ2) is 7.11. The first kappa shape index (κ1) is 14.6. The molecule has 0 heterocycles. The fourth-order valence-electron chi connectivity index (χ4n) is 2.42. The molecule has 0 spiro atoms. The lowest BCUT2D eigenvalue weighted by molar-refractivity contribution is 0.270. The van der Waals surface area contributed by atoms with Gasteiger partial charge in [-0.1, -0.05) is 49.4 Å². The van der Waals surface area contributed by atoms with Crippen LogP contribution in [0.25, 0.3) is 0 Å². The SMILES string of the molecule is CCc1ccccc1OCC(NC)c1ccccc1C. The van der Waals surface area contributed by atoms with Gasteiger partial charge in [-0.15, -0.1) is 0 Å². The number of hydrogen-bond donors (Lipinski definition) is 1. The Morgan fingerprint density at radius 1 is 1.05 bits per heavy atom. The Labute approximate surface area is 121 Å². The Hall–Kier alpha value is -1.80. The van der Waals surface area contributed by atoms with Crippen molar-refractivity contribution in [2.24, 2.45) is 0 Å². The van der Waals surface area contributed by atoms with E-state index in [9.17, 15) is 0 Å². The van der Waals surface area contributed by atoms with Crippen molar-refractivity contribution in [2.45, 2.75) is 26.3 Å². The zero-order chi connectivity index (χ0) is 14.4. The highest BCUT2D eigenvalue weighted by atomic mass is 16.5. The van der Waals surface area contributed by atoms with Crippen LogP contribution in [0.3, 0.4) is 0 Å². The molecule has 0 aliphatic rings. The third-order valence-electron chi connectivity index (χ3n) is 3.67. The van der Waals surface area contributed by atoms with Gasteiger partial charge >= 0.3 is 0 Å². The highest BCUT2D eigenvalue weighted by molar-refractivity contribution is 5.34. The normalized spacial score (nSPS) is 12.2. The van der Waals surface area contributed by atoms with Crippen molar-refractivity contribution < 1.29 is 4.74 Å². The first-order valence-electron chi connectivity index (χ1n) is 7.19. The van der Waals surface area contributed by atoms with Gasteiger partial charge in [-0.25, -0.2) is 0 Å². The number of likely N-dealkylation sites (N-methyl/N-ethyl adjacent to an activating group) is 1. The minimum atomic E-state index is 0.209. The second-order valence-corrected chi connectivity index (χ2v) is 4.97. The third kappa shape index (κ3) is 3.40. The van der Waals surface area contributed by atoms with E-state index in [0.29, 0.717) is 6.61 Å². The molecule has 0 fully saturated rings. The number of hydrogen-bond acceptors (Lipinski definition) is 2. The van der Waals surface area contributed by atoms with E-state index in [0.717, 1.165) is 12.2 Å². The van der Waals surface area contributed by atoms with Crippen LogP contribution in [0.15, 0.2) is 48.5 Å². The molecule has 2 aromatic carbocycles. The van der Waals surface area contributed by atoms with Crippen LogP contribution < -0.4 is 10.1 Å². The summed E-state index contributed by atoms with van der Waals surface area (Å²) in [6, 6.07) is 16.9. The van der Waals surface area contributed by atoms with E-state index >= 15 is 0 Å². The first-order chi connectivity index (χ1) is 9.76. The standard InChI is InChI=1S/C18H23NO/c1-4-15-10-6-8-12-18(15)20-13-17(19-3)16-11-7-5-9-14(16)2/h5-12,17,19H,4,13H2,1-3H3. The number of benzene rings is 2. The molecule has 0 radical (unpaired) electrons. The molecule has 0 aliphatic heterocycles. The highest BCUT2D eigenvalue weighted by Crippen LogP contribution is 2.22. The molecular weight excluding hydrogens is 246 g/mol. The number of rotatable bonds is 6. The molecule has 0 bridgehead atoms. The summed E-state index contributed by atoms with van der Waals surface area (Å²) in [6.07, 6.45) is 0.991. The summed E-state index contributed by atoms with van der Waals surface area (Å²) in [6.45, 7) is 4.93. The summed E-state index contributed by atoms with van der Waals surface area (Å²) in [5.41, 5.74) is 3.84. The average Bonchev–Trinajstić information content (AvgIpc) is 2.50. The van der Waals surface area contributed by atoms with Gasteiger partial charge in [0.25, 0.3) is 0 Å². The lowest BCUT2D eigenvalue weighted by atomic mass is 10.0. The predicted molar refractivity (Wildman–Crippen MR) is 84.3 cm³/mol. The smallest absolute Gasteiger partial charge is 0.122 e. The fourth-order valence-corrected chi connectivity index (χ4v) is 2.42. The average molecular weight is 269 g/mol. The van der Waals surface area contributed by atoms with Gasteiger partial charge in [-0.05, 0) is 43.1 Å². The van der Waals surface area contributed by atoms with Crippen LogP contribution in [-0.4, -0.2) is 13.7 Å². The number of aryl methyl sites for hydroxylation is 2. The molecule has 2 rings (SSSR count). The van der Waals surface area contributed by atoms with Crippen LogP contribution >= 0.6 is 0 Å². The van der Waals surface area contributed by atoms with Gasteiger partial charge in [0, 0.05) is 0 Å². The van der Waals surface area contributed by atoms with Crippen molar-refractivity contribution >= 4 is 0 Å². The Morgan fingerprint density at radius 2 is 1.75 bits per heavy atom. The maximum Gasteiger partial charge on any atom is 0.122 e. The van der Waals surface area contributed by atoms with Crippen molar-refractivity contribution in [3.63, 3.8) is 0 Å². The summed E-state index contributed by atoms with van der Waals surface area (Å²) in [4.78, 5) is 0. The molecule has 0 saturated heterocycles. The van der Waals surface area contributed by atoms with E-state index in [1.807, 2.05) is 19.2 Å². The Morgan fingerprint density at radius 3 is 2.45 bits per heavy atom. The van der Waals surface area contributed by atoms with Crippen molar-refractivity contribution in [2.75, 3.05) is 13.7 Å². The molecule has 0 aliphatic carbocycles. The highest BCUT2D eigenvalue weighted by Gasteiger charge is 2.12. The maximum atomic E-state index is 6.03. The topological polar surface area (TPSA) is 21.3 Å². The molecule has 2 nitrogen and oxygen atoms in total. The molecule has 0 aromatic heterocycles. The Bertz CT molecular complexity index is 551.